The topological polar surface area (TPSA) is 67.9 Å². The number of thiocarbonyl (C=S) groups is 1. The van der Waals surface area contributed by atoms with E-state index in [0.29, 0.717) is 29.4 Å². The zero-order valence-electron chi connectivity index (χ0n) is 19.8. The van der Waals surface area contributed by atoms with Gasteiger partial charge in [-0.3, -0.25) is 19.8 Å². The standard InChI is InChI=1S/C28H26N2O4S/c1-4-19-9-12-22(13-10-19)30-27(32)23(26(31)29-28(30)35)15-21-11-14-24(25(16-21)33-3)34-17-20-7-5-18(2)6-8-20/h5-16H,4,17H2,1-3H3,(H,29,31,35). The maximum atomic E-state index is 13.3. The van der Waals surface area contributed by atoms with Gasteiger partial charge in [-0.25, -0.2) is 0 Å². The molecule has 7 heteroatoms. The first-order valence-electron chi connectivity index (χ1n) is 11.3. The van der Waals surface area contributed by atoms with Crippen molar-refractivity contribution in [3.63, 3.8) is 0 Å². The van der Waals surface area contributed by atoms with Gasteiger partial charge in [-0.05, 0) is 72.6 Å². The van der Waals surface area contributed by atoms with E-state index in [1.54, 1.807) is 25.3 Å². The van der Waals surface area contributed by atoms with E-state index in [1.807, 2.05) is 55.5 Å². The Morgan fingerprint density at radius 2 is 1.63 bits per heavy atom. The number of hydrogen-bond acceptors (Lipinski definition) is 5. The fraction of sp³-hybridized carbons (Fsp3) is 0.179. The Morgan fingerprint density at radius 3 is 2.29 bits per heavy atom. The minimum absolute atomic E-state index is 0.0199. The lowest BCUT2D eigenvalue weighted by atomic mass is 10.1. The molecule has 0 bridgehead atoms. The first-order chi connectivity index (χ1) is 16.9. The van der Waals surface area contributed by atoms with Crippen molar-refractivity contribution < 1.29 is 19.1 Å². The minimum Gasteiger partial charge on any atom is -0.493 e. The molecule has 3 aromatic rings. The molecule has 3 aromatic carbocycles. The van der Waals surface area contributed by atoms with Crippen LogP contribution >= 0.6 is 12.2 Å². The zero-order chi connectivity index (χ0) is 24.9. The molecular weight excluding hydrogens is 460 g/mol. The summed E-state index contributed by atoms with van der Waals surface area (Å²) in [4.78, 5) is 27.2. The van der Waals surface area contributed by atoms with Crippen molar-refractivity contribution >= 4 is 40.9 Å². The molecule has 0 aliphatic carbocycles. The number of aryl methyl sites for hydroxylation is 2. The summed E-state index contributed by atoms with van der Waals surface area (Å²) < 4.78 is 11.4. The lowest BCUT2D eigenvalue weighted by Crippen LogP contribution is -2.54. The van der Waals surface area contributed by atoms with Gasteiger partial charge < -0.3 is 9.47 Å². The lowest BCUT2D eigenvalue weighted by molar-refractivity contribution is -0.122. The highest BCUT2D eigenvalue weighted by Gasteiger charge is 2.34. The normalized spacial score (nSPS) is 14.8. The molecule has 0 radical (unpaired) electrons. The molecule has 0 aromatic heterocycles. The molecule has 6 nitrogen and oxygen atoms in total. The molecule has 1 aliphatic rings. The Morgan fingerprint density at radius 1 is 0.943 bits per heavy atom. The number of anilines is 1. The molecule has 1 fully saturated rings. The molecule has 0 spiro atoms. The van der Waals surface area contributed by atoms with Gasteiger partial charge in [0.15, 0.2) is 16.6 Å². The van der Waals surface area contributed by atoms with Crippen LogP contribution in [0.5, 0.6) is 11.5 Å². The van der Waals surface area contributed by atoms with Gasteiger partial charge in [0.25, 0.3) is 11.8 Å². The maximum Gasteiger partial charge on any atom is 0.270 e. The monoisotopic (exact) mass is 486 g/mol. The van der Waals surface area contributed by atoms with Crippen molar-refractivity contribution in [2.24, 2.45) is 0 Å². The van der Waals surface area contributed by atoms with E-state index in [9.17, 15) is 9.59 Å². The fourth-order valence-corrected chi connectivity index (χ4v) is 3.96. The number of hydrogen-bond donors (Lipinski definition) is 1. The molecule has 1 N–H and O–H groups in total. The van der Waals surface area contributed by atoms with E-state index in [0.717, 1.165) is 17.5 Å². The number of carbonyl (C=O) groups is 2. The maximum absolute atomic E-state index is 13.3. The summed E-state index contributed by atoms with van der Waals surface area (Å²) in [5, 5.41) is 2.67. The number of benzene rings is 3. The van der Waals surface area contributed by atoms with E-state index in [2.05, 4.69) is 12.2 Å². The third kappa shape index (κ3) is 5.41. The Bertz CT molecular complexity index is 1300. The second-order valence-corrected chi connectivity index (χ2v) is 8.55. The number of ether oxygens (including phenoxy) is 2. The highest BCUT2D eigenvalue weighted by Crippen LogP contribution is 2.30. The molecule has 35 heavy (non-hydrogen) atoms. The zero-order valence-corrected chi connectivity index (χ0v) is 20.6. The van der Waals surface area contributed by atoms with E-state index in [-0.39, 0.29) is 10.7 Å². The first kappa shape index (κ1) is 24.2. The van der Waals surface area contributed by atoms with Crippen LogP contribution in [0.4, 0.5) is 5.69 Å². The molecule has 1 heterocycles. The second-order valence-electron chi connectivity index (χ2n) is 8.16. The van der Waals surface area contributed by atoms with Crippen LogP contribution in [0.25, 0.3) is 6.08 Å². The quantitative estimate of drug-likeness (QED) is 0.290. The van der Waals surface area contributed by atoms with Crippen LogP contribution in [0.15, 0.2) is 72.3 Å². The molecule has 1 aliphatic heterocycles. The number of methoxy groups -OCH3 is 1. The number of amides is 2. The Kier molecular flexibility index (Phi) is 7.27. The highest BCUT2D eigenvalue weighted by atomic mass is 32.1. The van der Waals surface area contributed by atoms with E-state index in [1.165, 1.54) is 16.5 Å². The average molecular weight is 487 g/mol. The number of rotatable bonds is 7. The van der Waals surface area contributed by atoms with Gasteiger partial charge in [0.05, 0.1) is 12.8 Å². The molecule has 4 rings (SSSR count). The average Bonchev–Trinajstić information content (AvgIpc) is 2.86. The van der Waals surface area contributed by atoms with E-state index in [4.69, 9.17) is 21.7 Å². The highest BCUT2D eigenvalue weighted by molar-refractivity contribution is 7.80. The Hall–Kier alpha value is -3.97. The van der Waals surface area contributed by atoms with Crippen LogP contribution in [0.1, 0.15) is 29.2 Å². The predicted octanol–water partition coefficient (Wildman–Crippen LogP) is 4.98. The van der Waals surface area contributed by atoms with Crippen LogP contribution in [-0.4, -0.2) is 24.0 Å². The largest absolute Gasteiger partial charge is 0.493 e. The first-order valence-corrected chi connectivity index (χ1v) is 11.7. The van der Waals surface area contributed by atoms with E-state index >= 15 is 0 Å². The van der Waals surface area contributed by atoms with Crippen LogP contribution in [0, 0.1) is 6.92 Å². The van der Waals surface area contributed by atoms with Gasteiger partial charge >= 0.3 is 0 Å². The third-order valence-corrected chi connectivity index (χ3v) is 6.00. The third-order valence-electron chi connectivity index (χ3n) is 5.72. The number of nitrogens with one attached hydrogen (secondary N) is 1. The summed E-state index contributed by atoms with van der Waals surface area (Å²) in [6.07, 6.45) is 2.41. The Labute approximate surface area is 210 Å². The van der Waals surface area contributed by atoms with Crippen molar-refractivity contribution in [1.82, 2.24) is 5.32 Å². The summed E-state index contributed by atoms with van der Waals surface area (Å²) >= 11 is 5.28. The lowest BCUT2D eigenvalue weighted by Gasteiger charge is -2.29. The molecule has 0 unspecified atom stereocenters. The summed E-state index contributed by atoms with van der Waals surface area (Å²) in [6.45, 7) is 4.48. The smallest absolute Gasteiger partial charge is 0.270 e. The van der Waals surface area contributed by atoms with Gasteiger partial charge in [-0.15, -0.1) is 0 Å². The van der Waals surface area contributed by atoms with Gasteiger partial charge in [0.1, 0.15) is 12.2 Å². The van der Waals surface area contributed by atoms with Gasteiger partial charge in [-0.1, -0.05) is 55.0 Å². The van der Waals surface area contributed by atoms with Crippen molar-refractivity contribution in [2.75, 3.05) is 12.0 Å². The summed E-state index contributed by atoms with van der Waals surface area (Å²) in [6, 6.07) is 20.9. The van der Waals surface area contributed by atoms with Gasteiger partial charge in [-0.2, -0.15) is 0 Å². The summed E-state index contributed by atoms with van der Waals surface area (Å²) in [7, 11) is 1.55. The SMILES string of the molecule is CCc1ccc(N2C(=O)C(=Cc3ccc(OCc4ccc(C)cc4)c(OC)c3)C(=O)NC2=S)cc1. The van der Waals surface area contributed by atoms with E-state index < -0.39 is 11.8 Å². The Balaban J connectivity index is 1.57. The summed E-state index contributed by atoms with van der Waals surface area (Å²) in [5.41, 5.74) is 4.56. The molecule has 0 atom stereocenters. The summed E-state index contributed by atoms with van der Waals surface area (Å²) in [5.74, 6) is 0.0351. The van der Waals surface area contributed by atoms with Crippen LogP contribution in [0.2, 0.25) is 0 Å². The van der Waals surface area contributed by atoms with Crippen molar-refractivity contribution in [2.45, 2.75) is 26.9 Å². The minimum atomic E-state index is -0.542. The molecule has 1 saturated heterocycles. The van der Waals surface area contributed by atoms with Crippen molar-refractivity contribution in [3.05, 3.63) is 94.6 Å². The predicted molar refractivity (Wildman–Crippen MR) is 141 cm³/mol. The molecule has 0 saturated carbocycles. The molecule has 2 amide bonds. The van der Waals surface area contributed by atoms with Gasteiger partial charge in [0, 0.05) is 0 Å². The van der Waals surface area contributed by atoms with Crippen molar-refractivity contribution in [1.29, 1.82) is 0 Å². The number of nitrogens with zero attached hydrogens (tertiary/aromatic N) is 1. The van der Waals surface area contributed by atoms with Gasteiger partial charge in [0.2, 0.25) is 0 Å². The molecular formula is C28H26N2O4S. The van der Waals surface area contributed by atoms with Crippen LogP contribution < -0.4 is 19.7 Å². The van der Waals surface area contributed by atoms with Crippen molar-refractivity contribution in [3.8, 4) is 11.5 Å². The fourth-order valence-electron chi connectivity index (χ4n) is 3.68. The van der Waals surface area contributed by atoms with Crippen LogP contribution in [0.3, 0.4) is 0 Å². The van der Waals surface area contributed by atoms with Crippen LogP contribution in [-0.2, 0) is 22.6 Å². The molecule has 178 valence electrons. The second kappa shape index (κ2) is 10.5. The number of carbonyl (C=O) groups excluding carboxylic acids is 2.